The molecule has 0 saturated carbocycles. The molecule has 2 aromatic carbocycles. The molecule has 0 bridgehead atoms. The fourth-order valence-electron chi connectivity index (χ4n) is 2.87. The summed E-state index contributed by atoms with van der Waals surface area (Å²) in [4.78, 5) is 28.7. The van der Waals surface area contributed by atoms with Crippen LogP contribution in [0.2, 0.25) is 5.02 Å². The largest absolute Gasteiger partial charge is 0.466 e. The van der Waals surface area contributed by atoms with Gasteiger partial charge < -0.3 is 9.30 Å². The zero-order valence-corrected chi connectivity index (χ0v) is 19.4. The Hall–Kier alpha value is -2.79. The Kier molecular flexibility index (Phi) is 7.62. The number of nitrogens with two attached hydrogens (primary N) is 1. The zero-order chi connectivity index (χ0) is 23.3. The molecule has 0 aliphatic carbocycles. The molecule has 0 fully saturated rings. The van der Waals surface area contributed by atoms with Crippen molar-refractivity contribution in [3.05, 3.63) is 63.9 Å². The Morgan fingerprint density at radius 1 is 1.25 bits per heavy atom. The molecule has 0 aliphatic heterocycles. The first kappa shape index (κ1) is 23.9. The Morgan fingerprint density at radius 3 is 2.69 bits per heavy atom. The molecule has 3 rings (SSSR count). The monoisotopic (exact) mass is 493 g/mol. The molecule has 1 amide bonds. The maximum atomic E-state index is 12.5. The number of carbonyl (C=O) groups is 2. The molecule has 0 spiro atoms. The van der Waals surface area contributed by atoms with Crippen molar-refractivity contribution >= 4 is 61.1 Å². The van der Waals surface area contributed by atoms with Gasteiger partial charge in [-0.1, -0.05) is 41.1 Å². The van der Waals surface area contributed by atoms with Crippen molar-refractivity contribution in [1.82, 2.24) is 4.57 Å². The molecule has 3 aromatic rings. The number of aromatic nitrogens is 1. The molecule has 0 unspecified atom stereocenters. The second-order valence-corrected chi connectivity index (χ2v) is 9.55. The van der Waals surface area contributed by atoms with E-state index in [1.165, 1.54) is 18.2 Å². The van der Waals surface area contributed by atoms with E-state index in [4.69, 9.17) is 21.5 Å². The average molecular weight is 494 g/mol. The highest BCUT2D eigenvalue weighted by Gasteiger charge is 2.14. The van der Waals surface area contributed by atoms with Crippen LogP contribution in [0.4, 0.5) is 0 Å². The minimum atomic E-state index is -3.90. The van der Waals surface area contributed by atoms with Gasteiger partial charge in [-0.15, -0.1) is 0 Å². The molecule has 1 heterocycles. The highest BCUT2D eigenvalue weighted by Crippen LogP contribution is 2.22. The predicted molar refractivity (Wildman–Crippen MR) is 123 cm³/mol. The first-order valence-corrected chi connectivity index (χ1v) is 12.3. The van der Waals surface area contributed by atoms with Crippen molar-refractivity contribution in [3.8, 4) is 0 Å². The number of thiazole rings is 1. The third-order valence-corrected chi connectivity index (χ3v) is 6.64. The Labute approximate surface area is 193 Å². The van der Waals surface area contributed by atoms with Gasteiger partial charge in [-0.2, -0.15) is 4.99 Å². The van der Waals surface area contributed by atoms with E-state index in [9.17, 15) is 18.0 Å². The molecule has 1 aromatic heterocycles. The number of carbonyl (C=O) groups excluding carboxylic acids is 2. The van der Waals surface area contributed by atoms with Crippen molar-refractivity contribution in [3.63, 3.8) is 0 Å². The molecular weight excluding hydrogens is 474 g/mol. The van der Waals surface area contributed by atoms with E-state index in [1.54, 1.807) is 47.9 Å². The fraction of sp³-hybridized carbons (Fsp3) is 0.190. The quantitative estimate of drug-likeness (QED) is 0.400. The number of benzene rings is 2. The topological polar surface area (TPSA) is 121 Å². The van der Waals surface area contributed by atoms with Gasteiger partial charge >= 0.3 is 5.97 Å². The molecular formula is C21H20ClN3O5S2. The third-order valence-electron chi connectivity index (χ3n) is 4.34. The van der Waals surface area contributed by atoms with Crippen LogP contribution in [0.3, 0.4) is 0 Å². The van der Waals surface area contributed by atoms with Crippen molar-refractivity contribution < 1.29 is 22.7 Å². The van der Waals surface area contributed by atoms with E-state index in [1.807, 2.05) is 0 Å². The Bertz CT molecular complexity index is 1370. The molecule has 0 radical (unpaired) electrons. The summed E-state index contributed by atoms with van der Waals surface area (Å²) >= 11 is 7.21. The van der Waals surface area contributed by atoms with Gasteiger partial charge in [0.1, 0.15) is 0 Å². The lowest BCUT2D eigenvalue weighted by Gasteiger charge is -2.05. The van der Waals surface area contributed by atoms with E-state index in [0.717, 1.165) is 11.3 Å². The summed E-state index contributed by atoms with van der Waals surface area (Å²) in [6, 6.07) is 11.4. The third kappa shape index (κ3) is 5.92. The average Bonchev–Trinajstić information content (AvgIpc) is 3.07. The van der Waals surface area contributed by atoms with Crippen molar-refractivity contribution in [1.29, 1.82) is 0 Å². The number of esters is 1. The second-order valence-electron chi connectivity index (χ2n) is 6.57. The van der Waals surface area contributed by atoms with Gasteiger partial charge in [0.05, 0.1) is 28.1 Å². The summed E-state index contributed by atoms with van der Waals surface area (Å²) in [7, 11) is -3.90. The summed E-state index contributed by atoms with van der Waals surface area (Å²) in [6.07, 6.45) is 2.91. The molecule has 0 aliphatic rings. The Balaban J connectivity index is 2.02. The van der Waals surface area contributed by atoms with Gasteiger partial charge in [0.2, 0.25) is 10.0 Å². The van der Waals surface area contributed by atoms with Crippen LogP contribution in [0, 0.1) is 0 Å². The summed E-state index contributed by atoms with van der Waals surface area (Å²) in [5.41, 5.74) is 1.29. The molecule has 0 saturated heterocycles. The van der Waals surface area contributed by atoms with Gasteiger partial charge in [-0.3, -0.25) is 9.59 Å². The van der Waals surface area contributed by atoms with Crippen molar-refractivity contribution in [2.45, 2.75) is 24.8 Å². The number of ether oxygens (including phenoxy) is 1. The smallest absolute Gasteiger partial charge is 0.307 e. The lowest BCUT2D eigenvalue weighted by Crippen LogP contribution is -2.19. The van der Waals surface area contributed by atoms with E-state index in [2.05, 4.69) is 4.99 Å². The van der Waals surface area contributed by atoms with Gasteiger partial charge in [-0.05, 0) is 42.8 Å². The molecule has 8 nitrogen and oxygen atoms in total. The minimum Gasteiger partial charge on any atom is -0.466 e. The van der Waals surface area contributed by atoms with Crippen LogP contribution in [-0.4, -0.2) is 31.5 Å². The molecule has 0 atom stereocenters. The molecule has 11 heteroatoms. The zero-order valence-electron chi connectivity index (χ0n) is 17.0. The number of fused-ring (bicyclic) bond motifs is 1. The van der Waals surface area contributed by atoms with Crippen molar-refractivity contribution in [2.24, 2.45) is 10.1 Å². The number of halogens is 1. The van der Waals surface area contributed by atoms with E-state index < -0.39 is 21.9 Å². The summed E-state index contributed by atoms with van der Waals surface area (Å²) < 4.78 is 30.6. The summed E-state index contributed by atoms with van der Waals surface area (Å²) in [6.45, 7) is 2.17. The van der Waals surface area contributed by atoms with Crippen molar-refractivity contribution in [2.75, 3.05) is 6.61 Å². The van der Waals surface area contributed by atoms with Crippen LogP contribution in [0.5, 0.6) is 0 Å². The number of aryl methyl sites for hydroxylation is 1. The van der Waals surface area contributed by atoms with E-state index in [0.29, 0.717) is 25.6 Å². The van der Waals surface area contributed by atoms with E-state index >= 15 is 0 Å². The summed E-state index contributed by atoms with van der Waals surface area (Å²) in [5.74, 6) is -0.926. The number of sulfonamides is 1. The molecule has 32 heavy (non-hydrogen) atoms. The molecule has 168 valence electrons. The number of hydrogen-bond acceptors (Lipinski definition) is 6. The highest BCUT2D eigenvalue weighted by atomic mass is 35.5. The van der Waals surface area contributed by atoms with Gasteiger partial charge in [-0.25, -0.2) is 13.6 Å². The number of primary sulfonamides is 1. The lowest BCUT2D eigenvalue weighted by atomic mass is 10.2. The number of rotatable bonds is 7. The SMILES string of the molecule is CCOC(=O)CCn1c(=NC(=O)/C=C/c2ccccc2Cl)sc2cc(S(N)(=O)=O)ccc21. The summed E-state index contributed by atoms with van der Waals surface area (Å²) in [5, 5.41) is 5.72. The number of hydrogen-bond donors (Lipinski definition) is 1. The first-order chi connectivity index (χ1) is 15.2. The standard InChI is InChI=1S/C21H20ClN3O5S2/c1-2-30-20(27)11-12-25-17-9-8-15(32(23,28)29)13-18(17)31-21(25)24-19(26)10-7-14-5-3-4-6-16(14)22/h3-10,13H,2,11-12H2,1H3,(H2,23,28,29)/b10-7+,24-21?. The number of nitrogens with zero attached hydrogens (tertiary/aromatic N) is 2. The van der Waals surface area contributed by atoms with E-state index in [-0.39, 0.29) is 24.5 Å². The number of amides is 1. The second kappa shape index (κ2) is 10.2. The minimum absolute atomic E-state index is 0.0553. The maximum Gasteiger partial charge on any atom is 0.307 e. The van der Waals surface area contributed by atoms with Gasteiger partial charge in [0, 0.05) is 17.6 Å². The van der Waals surface area contributed by atoms with Gasteiger partial charge in [0.15, 0.2) is 4.80 Å². The van der Waals surface area contributed by atoms with Crippen LogP contribution >= 0.6 is 22.9 Å². The van der Waals surface area contributed by atoms with Crippen LogP contribution in [0.25, 0.3) is 16.3 Å². The fourth-order valence-corrected chi connectivity index (χ4v) is 4.79. The van der Waals surface area contributed by atoms with Gasteiger partial charge in [0.25, 0.3) is 5.91 Å². The molecule has 2 N–H and O–H groups in total. The van der Waals surface area contributed by atoms with Crippen LogP contribution in [0.15, 0.2) is 58.4 Å². The maximum absolute atomic E-state index is 12.5. The van der Waals surface area contributed by atoms with Crippen LogP contribution in [-0.2, 0) is 30.9 Å². The predicted octanol–water partition coefficient (Wildman–Crippen LogP) is 3.10. The highest BCUT2D eigenvalue weighted by molar-refractivity contribution is 7.89. The van der Waals surface area contributed by atoms with Crippen LogP contribution in [0.1, 0.15) is 18.9 Å². The van der Waals surface area contributed by atoms with Crippen LogP contribution < -0.4 is 9.94 Å². The lowest BCUT2D eigenvalue weighted by molar-refractivity contribution is -0.143. The Morgan fingerprint density at radius 2 is 2.00 bits per heavy atom. The first-order valence-electron chi connectivity index (χ1n) is 9.52. The normalized spacial score (nSPS) is 12.5.